The van der Waals surface area contributed by atoms with E-state index in [1.54, 1.807) is 18.5 Å². The molecule has 1 aromatic heterocycles. The van der Waals surface area contributed by atoms with Crippen LogP contribution in [0.15, 0.2) is 18.5 Å². The maximum atomic E-state index is 12.0. The Morgan fingerprint density at radius 1 is 1.43 bits per heavy atom. The molecule has 28 heavy (non-hydrogen) atoms. The minimum atomic E-state index is -0.848. The molecule has 3 heterocycles. The van der Waals surface area contributed by atoms with E-state index in [4.69, 9.17) is 10.5 Å². The predicted molar refractivity (Wildman–Crippen MR) is 101 cm³/mol. The zero-order valence-electron chi connectivity index (χ0n) is 15.8. The van der Waals surface area contributed by atoms with Crippen molar-refractivity contribution in [1.29, 1.82) is 0 Å². The molecule has 2 amide bonds. The summed E-state index contributed by atoms with van der Waals surface area (Å²) in [6.07, 6.45) is 6.19. The minimum Gasteiger partial charge on any atom is -0.465 e. The molecule has 3 atom stereocenters. The predicted octanol–water partition coefficient (Wildman–Crippen LogP) is 0.841. The Labute approximate surface area is 163 Å². The number of hydrogen-bond donors (Lipinski definition) is 3. The van der Waals surface area contributed by atoms with Gasteiger partial charge in [0.2, 0.25) is 11.9 Å². The molecule has 4 rings (SSSR count). The molecule has 3 unspecified atom stereocenters. The van der Waals surface area contributed by atoms with Gasteiger partial charge in [-0.25, -0.2) is 14.8 Å². The van der Waals surface area contributed by atoms with Crippen LogP contribution in [0.4, 0.5) is 10.7 Å². The van der Waals surface area contributed by atoms with E-state index in [2.05, 4.69) is 22.2 Å². The van der Waals surface area contributed by atoms with Gasteiger partial charge in [-0.3, -0.25) is 4.79 Å². The molecule has 1 aromatic rings. The number of carbonyl (C=O) groups is 2. The number of ether oxygens (including phenoxy) is 1. The topological polar surface area (TPSA) is 131 Å². The number of nitrogens with zero attached hydrogens (tertiary/aromatic N) is 3. The smallest absolute Gasteiger partial charge is 0.407 e. The van der Waals surface area contributed by atoms with Gasteiger partial charge in [-0.1, -0.05) is 6.92 Å². The summed E-state index contributed by atoms with van der Waals surface area (Å²) in [5.74, 6) is 0.795. The van der Waals surface area contributed by atoms with Gasteiger partial charge in [0.15, 0.2) is 0 Å². The lowest BCUT2D eigenvalue weighted by molar-refractivity contribution is -0.148. The highest BCUT2D eigenvalue weighted by Crippen LogP contribution is 2.73. The van der Waals surface area contributed by atoms with Crippen LogP contribution in [0, 0.1) is 22.7 Å². The van der Waals surface area contributed by atoms with Gasteiger partial charge in [0.1, 0.15) is 0 Å². The second-order valence-electron chi connectivity index (χ2n) is 8.26. The number of carboxylic acid groups (broad SMARTS) is 1. The van der Waals surface area contributed by atoms with E-state index in [0.29, 0.717) is 50.2 Å². The van der Waals surface area contributed by atoms with Crippen molar-refractivity contribution in [3.63, 3.8) is 0 Å². The third kappa shape index (κ3) is 2.99. The molecule has 1 saturated carbocycles. The van der Waals surface area contributed by atoms with E-state index in [9.17, 15) is 14.7 Å². The molecule has 2 aliphatic heterocycles. The monoisotopic (exact) mass is 387 g/mol. The number of likely N-dealkylation sites (tertiary alicyclic amines) is 1. The fourth-order valence-electron chi connectivity index (χ4n) is 5.13. The molecule has 0 spiro atoms. The van der Waals surface area contributed by atoms with Crippen LogP contribution in [0.2, 0.25) is 0 Å². The number of carbonyl (C=O) groups excluding carboxylic acids is 1. The molecule has 150 valence electrons. The van der Waals surface area contributed by atoms with Crippen molar-refractivity contribution < 1.29 is 19.4 Å². The van der Waals surface area contributed by atoms with Crippen molar-refractivity contribution in [2.75, 3.05) is 38.6 Å². The summed E-state index contributed by atoms with van der Waals surface area (Å²) < 4.78 is 5.45. The van der Waals surface area contributed by atoms with Gasteiger partial charge in [0.25, 0.3) is 0 Å². The average molecular weight is 387 g/mol. The van der Waals surface area contributed by atoms with Crippen LogP contribution in [-0.2, 0) is 9.53 Å². The number of aromatic nitrogens is 2. The summed E-state index contributed by atoms with van der Waals surface area (Å²) in [6, 6.07) is 0. The SMILES string of the molecule is CC1(C23CN(C(=O)O)CC2C3CCNC(=O)/C=C/c2cnc(N)nc2)COC1. The van der Waals surface area contributed by atoms with Gasteiger partial charge in [0.05, 0.1) is 13.2 Å². The van der Waals surface area contributed by atoms with Crippen molar-refractivity contribution in [2.24, 2.45) is 22.7 Å². The lowest BCUT2D eigenvalue weighted by Gasteiger charge is -2.46. The Bertz CT molecular complexity index is 807. The Kier molecular flexibility index (Phi) is 4.49. The van der Waals surface area contributed by atoms with Crippen molar-refractivity contribution in [1.82, 2.24) is 20.2 Å². The highest BCUT2D eigenvalue weighted by atomic mass is 16.5. The van der Waals surface area contributed by atoms with E-state index in [1.165, 1.54) is 11.0 Å². The summed E-state index contributed by atoms with van der Waals surface area (Å²) in [5, 5.41) is 12.3. The van der Waals surface area contributed by atoms with E-state index in [-0.39, 0.29) is 22.7 Å². The summed E-state index contributed by atoms with van der Waals surface area (Å²) in [7, 11) is 0. The van der Waals surface area contributed by atoms with Crippen molar-refractivity contribution in [2.45, 2.75) is 13.3 Å². The highest BCUT2D eigenvalue weighted by Gasteiger charge is 2.77. The van der Waals surface area contributed by atoms with Crippen LogP contribution in [0.1, 0.15) is 18.9 Å². The molecule has 9 heteroatoms. The molecule has 9 nitrogen and oxygen atoms in total. The first-order chi connectivity index (χ1) is 13.4. The van der Waals surface area contributed by atoms with Crippen LogP contribution in [0.3, 0.4) is 0 Å². The molecule has 0 aromatic carbocycles. The number of nitrogen functional groups attached to an aromatic ring is 1. The molecule has 3 aliphatic rings. The number of fused-ring (bicyclic) bond motifs is 1. The lowest BCUT2D eigenvalue weighted by atomic mass is 9.70. The van der Waals surface area contributed by atoms with Crippen molar-refractivity contribution in [3.05, 3.63) is 24.0 Å². The number of hydrogen-bond acceptors (Lipinski definition) is 6. The summed E-state index contributed by atoms with van der Waals surface area (Å²) in [6.45, 7) is 5.29. The summed E-state index contributed by atoms with van der Waals surface area (Å²) in [4.78, 5) is 32.7. The van der Waals surface area contributed by atoms with E-state index in [0.717, 1.165) is 6.42 Å². The maximum Gasteiger partial charge on any atom is 0.407 e. The first-order valence-corrected chi connectivity index (χ1v) is 9.45. The molecule has 1 aliphatic carbocycles. The fourth-order valence-corrected chi connectivity index (χ4v) is 5.13. The molecule has 0 radical (unpaired) electrons. The third-order valence-corrected chi connectivity index (χ3v) is 6.68. The molecule has 2 saturated heterocycles. The molecular formula is C19H25N5O4. The van der Waals surface area contributed by atoms with E-state index in [1.807, 2.05) is 0 Å². The van der Waals surface area contributed by atoms with Gasteiger partial charge in [0, 0.05) is 54.5 Å². The number of nitrogens with two attached hydrogens (primary N) is 1. The van der Waals surface area contributed by atoms with Crippen LogP contribution >= 0.6 is 0 Å². The molecular weight excluding hydrogens is 362 g/mol. The lowest BCUT2D eigenvalue weighted by Crippen LogP contribution is -2.51. The van der Waals surface area contributed by atoms with Crippen LogP contribution in [0.5, 0.6) is 0 Å². The number of piperidine rings is 1. The fraction of sp³-hybridized carbons (Fsp3) is 0.579. The minimum absolute atomic E-state index is 0.00842. The molecule has 4 N–H and O–H groups in total. The highest BCUT2D eigenvalue weighted by molar-refractivity contribution is 5.91. The quantitative estimate of drug-likeness (QED) is 0.617. The second kappa shape index (κ2) is 6.73. The van der Waals surface area contributed by atoms with Crippen LogP contribution in [-0.4, -0.2) is 64.8 Å². The zero-order valence-corrected chi connectivity index (χ0v) is 15.8. The zero-order chi connectivity index (χ0) is 19.9. The van der Waals surface area contributed by atoms with Gasteiger partial charge in [-0.05, 0) is 24.3 Å². The van der Waals surface area contributed by atoms with Crippen molar-refractivity contribution >= 4 is 24.0 Å². The second-order valence-corrected chi connectivity index (χ2v) is 8.26. The summed E-state index contributed by atoms with van der Waals surface area (Å²) >= 11 is 0. The number of anilines is 1. The third-order valence-electron chi connectivity index (χ3n) is 6.68. The largest absolute Gasteiger partial charge is 0.465 e. The Balaban J connectivity index is 1.30. The van der Waals surface area contributed by atoms with Crippen LogP contribution < -0.4 is 11.1 Å². The molecule has 0 bridgehead atoms. The first kappa shape index (κ1) is 18.7. The standard InChI is InChI=1S/C19H25N5O4/c1-18(10-28-11-18)19-9-24(17(26)27)8-14(19)13(19)4-5-21-15(25)3-2-12-6-22-16(20)23-7-12/h2-3,6-7,13-14H,4-5,8-11H2,1H3,(H,21,25)(H,26,27)(H2,20,22,23)/b3-2+. The Morgan fingerprint density at radius 3 is 2.75 bits per heavy atom. The van der Waals surface area contributed by atoms with Crippen molar-refractivity contribution in [3.8, 4) is 0 Å². The van der Waals surface area contributed by atoms with Gasteiger partial charge in [-0.2, -0.15) is 0 Å². The van der Waals surface area contributed by atoms with E-state index < -0.39 is 6.09 Å². The number of amides is 2. The van der Waals surface area contributed by atoms with Gasteiger partial charge >= 0.3 is 6.09 Å². The average Bonchev–Trinajstić information content (AvgIpc) is 3.05. The molecule has 3 fully saturated rings. The Morgan fingerprint density at radius 2 is 2.14 bits per heavy atom. The normalized spacial score (nSPS) is 30.0. The number of nitrogens with one attached hydrogen (secondary N) is 1. The van der Waals surface area contributed by atoms with E-state index >= 15 is 0 Å². The van der Waals surface area contributed by atoms with Gasteiger partial charge < -0.3 is 25.8 Å². The Hall–Kier alpha value is -2.68. The number of rotatable bonds is 6. The first-order valence-electron chi connectivity index (χ1n) is 9.45. The maximum absolute atomic E-state index is 12.0. The van der Waals surface area contributed by atoms with Gasteiger partial charge in [-0.15, -0.1) is 0 Å². The summed E-state index contributed by atoms with van der Waals surface area (Å²) in [5.41, 5.74) is 6.16. The van der Waals surface area contributed by atoms with Crippen LogP contribution in [0.25, 0.3) is 6.08 Å².